The molecule has 4 nitrogen and oxygen atoms in total. The van der Waals surface area contributed by atoms with Gasteiger partial charge in [0.2, 0.25) is 10.0 Å². The fourth-order valence-corrected chi connectivity index (χ4v) is 4.95. The molecule has 0 aliphatic rings. The molecule has 0 aliphatic heterocycles. The standard InChI is InChI=1S/C23H29NO3S/c1-16(2)11-12-22(25)21(15-20-9-7-6-8-10-20)24-28(26,27)23-18(4)13-17(3)14-19(23)5/h6-14,16,21,24H,15H2,1-5H3/b12-11+/t21-/m0/s1. The van der Waals surface area contributed by atoms with Crippen LogP contribution in [-0.4, -0.2) is 20.2 Å². The van der Waals surface area contributed by atoms with Crippen LogP contribution >= 0.6 is 0 Å². The number of sulfonamides is 1. The molecule has 5 heteroatoms. The van der Waals surface area contributed by atoms with Gasteiger partial charge < -0.3 is 0 Å². The lowest BCUT2D eigenvalue weighted by atomic mass is 10.0. The molecule has 0 aromatic heterocycles. The molecule has 0 spiro atoms. The van der Waals surface area contributed by atoms with Crippen LogP contribution in [0.5, 0.6) is 0 Å². The smallest absolute Gasteiger partial charge is 0.241 e. The second kappa shape index (κ2) is 9.30. The molecule has 1 N–H and O–H groups in total. The van der Waals surface area contributed by atoms with Crippen molar-refractivity contribution in [3.05, 3.63) is 76.9 Å². The SMILES string of the molecule is Cc1cc(C)c(S(=O)(=O)N[C@@H](Cc2ccccc2)C(=O)/C=C/C(C)C)c(C)c1. The van der Waals surface area contributed by atoms with E-state index in [1.807, 2.05) is 63.2 Å². The molecule has 0 saturated heterocycles. The van der Waals surface area contributed by atoms with Crippen LogP contribution in [0.2, 0.25) is 0 Å². The van der Waals surface area contributed by atoms with Gasteiger partial charge in [0.1, 0.15) is 0 Å². The highest BCUT2D eigenvalue weighted by atomic mass is 32.2. The summed E-state index contributed by atoms with van der Waals surface area (Å²) in [6.07, 6.45) is 3.57. The maximum atomic E-state index is 13.1. The summed E-state index contributed by atoms with van der Waals surface area (Å²) >= 11 is 0. The Morgan fingerprint density at radius 1 is 1.04 bits per heavy atom. The van der Waals surface area contributed by atoms with Gasteiger partial charge in [0, 0.05) is 0 Å². The number of hydrogen-bond acceptors (Lipinski definition) is 3. The molecule has 0 aliphatic carbocycles. The van der Waals surface area contributed by atoms with Gasteiger partial charge >= 0.3 is 0 Å². The number of nitrogens with one attached hydrogen (secondary N) is 1. The van der Waals surface area contributed by atoms with Crippen molar-refractivity contribution in [3.8, 4) is 0 Å². The van der Waals surface area contributed by atoms with Crippen molar-refractivity contribution in [3.63, 3.8) is 0 Å². The molecule has 0 heterocycles. The van der Waals surface area contributed by atoms with Gasteiger partial charge in [-0.25, -0.2) is 8.42 Å². The first-order valence-corrected chi connectivity index (χ1v) is 10.9. The van der Waals surface area contributed by atoms with E-state index in [-0.39, 0.29) is 16.6 Å². The number of rotatable bonds is 8. The predicted molar refractivity (Wildman–Crippen MR) is 114 cm³/mol. The molecule has 28 heavy (non-hydrogen) atoms. The highest BCUT2D eigenvalue weighted by Crippen LogP contribution is 2.22. The Morgan fingerprint density at radius 3 is 2.14 bits per heavy atom. The van der Waals surface area contributed by atoms with Crippen molar-refractivity contribution in [2.45, 2.75) is 52.0 Å². The minimum absolute atomic E-state index is 0.208. The lowest BCUT2D eigenvalue weighted by molar-refractivity contribution is -0.116. The lowest BCUT2D eigenvalue weighted by Gasteiger charge is -2.19. The largest absolute Gasteiger partial charge is 0.293 e. The molecule has 0 unspecified atom stereocenters. The van der Waals surface area contributed by atoms with Crippen molar-refractivity contribution in [1.29, 1.82) is 0 Å². The molecule has 0 amide bonds. The summed E-state index contributed by atoms with van der Waals surface area (Å²) in [5, 5.41) is 0. The zero-order valence-electron chi connectivity index (χ0n) is 17.2. The quantitative estimate of drug-likeness (QED) is 0.674. The van der Waals surface area contributed by atoms with Crippen LogP contribution in [0.1, 0.15) is 36.1 Å². The van der Waals surface area contributed by atoms with Crippen LogP contribution in [0.3, 0.4) is 0 Å². The van der Waals surface area contributed by atoms with Crippen molar-refractivity contribution < 1.29 is 13.2 Å². The first-order chi connectivity index (χ1) is 13.1. The molecule has 0 radical (unpaired) electrons. The van der Waals surface area contributed by atoms with Gasteiger partial charge in [0.15, 0.2) is 5.78 Å². The van der Waals surface area contributed by atoms with E-state index in [4.69, 9.17) is 0 Å². The third-order valence-corrected chi connectivity index (χ3v) is 6.22. The predicted octanol–water partition coefficient (Wildman–Crippen LogP) is 4.28. The number of hydrogen-bond donors (Lipinski definition) is 1. The average Bonchev–Trinajstić information content (AvgIpc) is 2.58. The Morgan fingerprint density at radius 2 is 1.61 bits per heavy atom. The summed E-state index contributed by atoms with van der Waals surface area (Å²) in [5.74, 6) is -0.0388. The van der Waals surface area contributed by atoms with Crippen molar-refractivity contribution in [2.75, 3.05) is 0 Å². The summed E-state index contributed by atoms with van der Waals surface area (Å²) in [7, 11) is -3.85. The highest BCUT2D eigenvalue weighted by molar-refractivity contribution is 7.89. The summed E-state index contributed by atoms with van der Waals surface area (Å²) in [4.78, 5) is 13.0. The molecular formula is C23H29NO3S. The number of carbonyl (C=O) groups is 1. The second-order valence-corrected chi connectivity index (χ2v) is 9.25. The van der Waals surface area contributed by atoms with E-state index in [0.29, 0.717) is 17.5 Å². The molecule has 0 bridgehead atoms. The third-order valence-electron chi connectivity index (χ3n) is 4.44. The van der Waals surface area contributed by atoms with Crippen LogP contribution in [0, 0.1) is 26.7 Å². The Bertz CT molecular complexity index is 938. The number of allylic oxidation sites excluding steroid dienone is 1. The Hall–Kier alpha value is -2.24. The van der Waals surface area contributed by atoms with E-state index in [9.17, 15) is 13.2 Å². The first-order valence-electron chi connectivity index (χ1n) is 9.46. The maximum absolute atomic E-state index is 13.1. The number of ketones is 1. The van der Waals surface area contributed by atoms with Crippen LogP contribution < -0.4 is 4.72 Å². The third kappa shape index (κ3) is 5.88. The summed E-state index contributed by atoms with van der Waals surface area (Å²) < 4.78 is 28.9. The highest BCUT2D eigenvalue weighted by Gasteiger charge is 2.27. The molecule has 1 atom stereocenters. The number of aryl methyl sites for hydroxylation is 3. The van der Waals surface area contributed by atoms with E-state index >= 15 is 0 Å². The van der Waals surface area contributed by atoms with Gasteiger partial charge in [-0.1, -0.05) is 68.0 Å². The van der Waals surface area contributed by atoms with Gasteiger partial charge in [-0.15, -0.1) is 0 Å². The van der Waals surface area contributed by atoms with E-state index < -0.39 is 16.1 Å². The topological polar surface area (TPSA) is 63.2 Å². The van der Waals surface area contributed by atoms with E-state index in [2.05, 4.69) is 4.72 Å². The van der Waals surface area contributed by atoms with Crippen molar-refractivity contribution >= 4 is 15.8 Å². The van der Waals surface area contributed by atoms with Gasteiger partial charge in [0.05, 0.1) is 10.9 Å². The number of benzene rings is 2. The van der Waals surface area contributed by atoms with E-state index in [1.54, 1.807) is 19.9 Å². The number of carbonyl (C=O) groups excluding carboxylic acids is 1. The first kappa shape index (κ1) is 22.1. The Balaban J connectivity index is 2.39. The molecule has 2 aromatic carbocycles. The van der Waals surface area contributed by atoms with Crippen molar-refractivity contribution in [2.24, 2.45) is 5.92 Å². The summed E-state index contributed by atoms with van der Waals surface area (Å²) in [6, 6.07) is 12.3. The summed E-state index contributed by atoms with van der Waals surface area (Å²) in [5.41, 5.74) is 3.26. The molecule has 0 fully saturated rings. The Kier molecular flexibility index (Phi) is 7.33. The molecule has 0 saturated carbocycles. The van der Waals surface area contributed by atoms with Gasteiger partial charge in [-0.05, 0) is 55.9 Å². The maximum Gasteiger partial charge on any atom is 0.241 e. The Labute approximate surface area is 168 Å². The van der Waals surface area contributed by atoms with Gasteiger partial charge in [-0.3, -0.25) is 4.79 Å². The van der Waals surface area contributed by atoms with Gasteiger partial charge in [0.25, 0.3) is 0 Å². The molecule has 2 rings (SSSR count). The molecular weight excluding hydrogens is 370 g/mol. The van der Waals surface area contributed by atoms with Crippen LogP contribution in [-0.2, 0) is 21.2 Å². The minimum Gasteiger partial charge on any atom is -0.293 e. The second-order valence-electron chi connectivity index (χ2n) is 7.60. The normalized spacial score (nSPS) is 13.2. The summed E-state index contributed by atoms with van der Waals surface area (Å²) in [6.45, 7) is 9.43. The van der Waals surface area contributed by atoms with Crippen LogP contribution in [0.15, 0.2) is 59.5 Å². The lowest BCUT2D eigenvalue weighted by Crippen LogP contribution is -2.42. The fraction of sp³-hybridized carbons (Fsp3) is 0.348. The monoisotopic (exact) mass is 399 g/mol. The average molecular weight is 400 g/mol. The fourth-order valence-electron chi connectivity index (χ4n) is 3.29. The van der Waals surface area contributed by atoms with E-state index in [0.717, 1.165) is 11.1 Å². The van der Waals surface area contributed by atoms with Crippen molar-refractivity contribution in [1.82, 2.24) is 4.72 Å². The molecule has 150 valence electrons. The molecule has 2 aromatic rings. The van der Waals surface area contributed by atoms with Crippen LogP contribution in [0.4, 0.5) is 0 Å². The van der Waals surface area contributed by atoms with Gasteiger partial charge in [-0.2, -0.15) is 4.72 Å². The van der Waals surface area contributed by atoms with E-state index in [1.165, 1.54) is 6.08 Å². The zero-order chi connectivity index (χ0) is 20.9. The zero-order valence-corrected chi connectivity index (χ0v) is 18.0. The van der Waals surface area contributed by atoms with Crippen LogP contribution in [0.25, 0.3) is 0 Å². The minimum atomic E-state index is -3.85.